The second kappa shape index (κ2) is 7.75. The first-order valence-electron chi connectivity index (χ1n) is 8.96. The molecule has 0 saturated heterocycles. The van der Waals surface area contributed by atoms with Crippen molar-refractivity contribution in [2.75, 3.05) is 0 Å². The van der Waals surface area contributed by atoms with Gasteiger partial charge in [0.1, 0.15) is 5.69 Å². The molecule has 0 aliphatic heterocycles. The lowest BCUT2D eigenvalue weighted by molar-refractivity contribution is 0.103. The first-order valence-corrected chi connectivity index (χ1v) is 8.96. The molecule has 0 N–H and O–H groups in total. The van der Waals surface area contributed by atoms with Crippen LogP contribution in [0.1, 0.15) is 21.6 Å². The summed E-state index contributed by atoms with van der Waals surface area (Å²) in [7, 11) is 0. The first kappa shape index (κ1) is 18.1. The van der Waals surface area contributed by atoms with Gasteiger partial charge in [-0.2, -0.15) is 5.26 Å². The second-order valence-corrected chi connectivity index (χ2v) is 6.38. The minimum absolute atomic E-state index is 0.213. The Kier molecular flexibility index (Phi) is 4.83. The molecule has 138 valence electrons. The Balaban J connectivity index is 1.96. The topological polar surface area (TPSA) is 75.8 Å². The summed E-state index contributed by atoms with van der Waals surface area (Å²) in [5, 5.41) is 9.48. The minimum atomic E-state index is -0.257. The Morgan fingerprint density at radius 2 is 1.72 bits per heavy atom. The van der Waals surface area contributed by atoms with Gasteiger partial charge in [-0.15, -0.1) is 0 Å². The predicted octanol–water partition coefficient (Wildman–Crippen LogP) is 4.00. The number of nitriles is 1. The molecule has 0 saturated carbocycles. The summed E-state index contributed by atoms with van der Waals surface area (Å²) >= 11 is 0. The van der Waals surface area contributed by atoms with Gasteiger partial charge >= 0.3 is 0 Å². The van der Waals surface area contributed by atoms with Crippen molar-refractivity contribution in [1.82, 2.24) is 9.55 Å². The van der Waals surface area contributed by atoms with Gasteiger partial charge in [0.05, 0.1) is 11.6 Å². The highest BCUT2D eigenvalue weighted by Gasteiger charge is 2.15. The number of ketones is 1. The van der Waals surface area contributed by atoms with Crippen molar-refractivity contribution in [3.05, 3.63) is 118 Å². The zero-order valence-corrected chi connectivity index (χ0v) is 15.3. The Morgan fingerprint density at radius 3 is 2.48 bits per heavy atom. The van der Waals surface area contributed by atoms with Crippen LogP contribution in [-0.4, -0.2) is 15.3 Å². The van der Waals surface area contributed by atoms with E-state index < -0.39 is 0 Å². The van der Waals surface area contributed by atoms with Gasteiger partial charge in [-0.1, -0.05) is 30.3 Å². The summed E-state index contributed by atoms with van der Waals surface area (Å²) in [5.74, 6) is -0.257. The molecule has 0 radical (unpaired) electrons. The Morgan fingerprint density at radius 1 is 0.931 bits per heavy atom. The lowest BCUT2D eigenvalue weighted by Crippen LogP contribution is -2.16. The standard InChI is InChI=1S/C24H15N3O2/c25-16-17-7-1-2-8-21(17)18-13-19(24(29)22-9-3-5-11-26-22)15-20(14-18)27-12-6-4-10-23(27)28/h1-15H. The largest absolute Gasteiger partial charge is 0.287 e. The van der Waals surface area contributed by atoms with Crippen LogP contribution < -0.4 is 5.56 Å². The molecule has 4 aromatic rings. The van der Waals surface area contributed by atoms with Crippen LogP contribution in [0.4, 0.5) is 0 Å². The van der Waals surface area contributed by atoms with E-state index in [0.717, 1.165) is 0 Å². The summed E-state index contributed by atoms with van der Waals surface area (Å²) in [5.41, 5.74) is 2.88. The van der Waals surface area contributed by atoms with Crippen molar-refractivity contribution in [3.63, 3.8) is 0 Å². The lowest BCUT2D eigenvalue weighted by atomic mass is 9.96. The molecule has 0 spiro atoms. The maximum Gasteiger partial charge on any atom is 0.255 e. The van der Waals surface area contributed by atoms with Crippen molar-refractivity contribution >= 4 is 5.78 Å². The molecule has 0 aliphatic carbocycles. The first-order chi connectivity index (χ1) is 14.2. The van der Waals surface area contributed by atoms with E-state index in [1.165, 1.54) is 10.6 Å². The van der Waals surface area contributed by atoms with Crippen LogP contribution >= 0.6 is 0 Å². The average molecular weight is 377 g/mol. The van der Waals surface area contributed by atoms with Gasteiger partial charge in [-0.25, -0.2) is 0 Å². The van der Waals surface area contributed by atoms with Crippen molar-refractivity contribution in [2.24, 2.45) is 0 Å². The maximum absolute atomic E-state index is 13.0. The predicted molar refractivity (Wildman–Crippen MR) is 110 cm³/mol. The van der Waals surface area contributed by atoms with E-state index in [4.69, 9.17) is 0 Å². The van der Waals surface area contributed by atoms with E-state index in [9.17, 15) is 14.9 Å². The van der Waals surface area contributed by atoms with Gasteiger partial charge in [0.25, 0.3) is 5.56 Å². The third kappa shape index (κ3) is 3.60. The number of hydrogen-bond donors (Lipinski definition) is 0. The molecule has 2 aromatic heterocycles. The SMILES string of the molecule is N#Cc1ccccc1-c1cc(C(=O)c2ccccn2)cc(-n2ccccc2=O)c1. The summed E-state index contributed by atoms with van der Waals surface area (Å²) in [6.45, 7) is 0. The number of carbonyl (C=O) groups is 1. The smallest absolute Gasteiger partial charge is 0.255 e. The molecule has 5 heteroatoms. The van der Waals surface area contributed by atoms with Crippen LogP contribution in [0.15, 0.2) is 96.1 Å². The zero-order chi connectivity index (χ0) is 20.2. The molecule has 0 bridgehead atoms. The van der Waals surface area contributed by atoms with Crippen molar-refractivity contribution in [1.29, 1.82) is 5.26 Å². The Labute approximate surface area is 167 Å². The van der Waals surface area contributed by atoms with Gasteiger partial charge in [0, 0.05) is 29.7 Å². The van der Waals surface area contributed by atoms with Crippen molar-refractivity contribution < 1.29 is 4.79 Å². The molecular formula is C24H15N3O2. The van der Waals surface area contributed by atoms with Crippen molar-refractivity contribution in [2.45, 2.75) is 0 Å². The fraction of sp³-hybridized carbons (Fsp3) is 0. The Bertz CT molecular complexity index is 1300. The van der Waals surface area contributed by atoms with Gasteiger partial charge in [-0.3, -0.25) is 19.1 Å². The van der Waals surface area contributed by atoms with Crippen LogP contribution in [0.3, 0.4) is 0 Å². The number of benzene rings is 2. The molecular weight excluding hydrogens is 362 g/mol. The highest BCUT2D eigenvalue weighted by Crippen LogP contribution is 2.27. The monoisotopic (exact) mass is 377 g/mol. The summed E-state index contributed by atoms with van der Waals surface area (Å²) in [6, 6.07) is 24.5. The van der Waals surface area contributed by atoms with E-state index in [1.54, 1.807) is 73.1 Å². The summed E-state index contributed by atoms with van der Waals surface area (Å²) < 4.78 is 1.47. The van der Waals surface area contributed by atoms with Crippen LogP contribution in [0.25, 0.3) is 16.8 Å². The van der Waals surface area contributed by atoms with Gasteiger partial charge in [0.2, 0.25) is 5.78 Å². The molecule has 2 aromatic carbocycles. The molecule has 0 unspecified atom stereocenters. The molecule has 5 nitrogen and oxygen atoms in total. The van der Waals surface area contributed by atoms with Gasteiger partial charge < -0.3 is 0 Å². The average Bonchev–Trinajstić information content (AvgIpc) is 2.79. The summed E-state index contributed by atoms with van der Waals surface area (Å²) in [6.07, 6.45) is 3.21. The number of aromatic nitrogens is 2. The van der Waals surface area contributed by atoms with Crippen LogP contribution in [0.2, 0.25) is 0 Å². The molecule has 4 rings (SSSR count). The normalized spacial score (nSPS) is 10.3. The quantitative estimate of drug-likeness (QED) is 0.504. The van der Waals surface area contributed by atoms with E-state index in [0.29, 0.717) is 33.6 Å². The molecule has 0 aliphatic rings. The highest BCUT2D eigenvalue weighted by molar-refractivity contribution is 6.08. The van der Waals surface area contributed by atoms with E-state index >= 15 is 0 Å². The Hall–Kier alpha value is -4.30. The van der Waals surface area contributed by atoms with E-state index in [2.05, 4.69) is 11.1 Å². The summed E-state index contributed by atoms with van der Waals surface area (Å²) in [4.78, 5) is 29.5. The third-order valence-electron chi connectivity index (χ3n) is 4.54. The fourth-order valence-corrected chi connectivity index (χ4v) is 3.15. The number of nitrogens with zero attached hydrogens (tertiary/aromatic N) is 3. The fourth-order valence-electron chi connectivity index (χ4n) is 3.15. The molecule has 0 fully saturated rings. The van der Waals surface area contributed by atoms with Gasteiger partial charge in [-0.05, 0) is 53.6 Å². The second-order valence-electron chi connectivity index (χ2n) is 6.38. The zero-order valence-electron chi connectivity index (χ0n) is 15.3. The highest BCUT2D eigenvalue weighted by atomic mass is 16.1. The number of carbonyl (C=O) groups excluding carboxylic acids is 1. The van der Waals surface area contributed by atoms with E-state index in [-0.39, 0.29) is 11.3 Å². The number of hydrogen-bond acceptors (Lipinski definition) is 4. The number of rotatable bonds is 4. The van der Waals surface area contributed by atoms with Crippen LogP contribution in [-0.2, 0) is 0 Å². The third-order valence-corrected chi connectivity index (χ3v) is 4.54. The van der Waals surface area contributed by atoms with Crippen molar-refractivity contribution in [3.8, 4) is 22.9 Å². The van der Waals surface area contributed by atoms with Crippen LogP contribution in [0, 0.1) is 11.3 Å². The minimum Gasteiger partial charge on any atom is -0.287 e. The van der Waals surface area contributed by atoms with Crippen LogP contribution in [0.5, 0.6) is 0 Å². The molecule has 0 atom stereocenters. The number of pyridine rings is 2. The lowest BCUT2D eigenvalue weighted by Gasteiger charge is -2.12. The molecule has 0 amide bonds. The molecule has 29 heavy (non-hydrogen) atoms. The van der Waals surface area contributed by atoms with Gasteiger partial charge in [0.15, 0.2) is 0 Å². The maximum atomic E-state index is 13.0. The van der Waals surface area contributed by atoms with E-state index in [1.807, 2.05) is 12.1 Å². The molecule has 2 heterocycles.